The second kappa shape index (κ2) is 11.1. The van der Waals surface area contributed by atoms with E-state index in [1.807, 2.05) is 18.2 Å². The number of aryl methyl sites for hydroxylation is 1. The average Bonchev–Trinajstić information content (AvgIpc) is 2.80. The molecule has 162 valence electrons. The van der Waals surface area contributed by atoms with Gasteiger partial charge in [-0.25, -0.2) is 8.42 Å². The van der Waals surface area contributed by atoms with Crippen molar-refractivity contribution in [1.82, 2.24) is 14.9 Å². The topological polar surface area (TPSA) is 73.8 Å². The van der Waals surface area contributed by atoms with Crippen molar-refractivity contribution >= 4 is 16.0 Å². The van der Waals surface area contributed by atoms with E-state index in [1.54, 1.807) is 23.5 Å². The highest BCUT2D eigenvalue weighted by atomic mass is 32.2. The van der Waals surface area contributed by atoms with Crippen LogP contribution in [0.25, 0.3) is 0 Å². The Balaban J connectivity index is 1.45. The zero-order valence-electron chi connectivity index (χ0n) is 17.7. The van der Waals surface area contributed by atoms with Crippen LogP contribution in [-0.4, -0.2) is 45.4 Å². The van der Waals surface area contributed by atoms with Gasteiger partial charge in [0.2, 0.25) is 10.0 Å². The minimum atomic E-state index is -3.38. The number of rotatable bonds is 8. The molecule has 6 nitrogen and oxygen atoms in total. The predicted molar refractivity (Wildman–Crippen MR) is 122 cm³/mol. The van der Waals surface area contributed by atoms with Crippen LogP contribution >= 0.6 is 0 Å². The predicted octanol–water partition coefficient (Wildman–Crippen LogP) is 3.16. The molecular weight excluding hydrogens is 396 g/mol. The maximum Gasteiger partial charge on any atom is 0.243 e. The first-order valence-corrected chi connectivity index (χ1v) is 12.1. The summed E-state index contributed by atoms with van der Waals surface area (Å²) >= 11 is 0. The Labute approximate surface area is 180 Å². The lowest BCUT2D eigenvalue weighted by atomic mass is 10.1. The molecule has 1 fully saturated rings. The third-order valence-electron chi connectivity index (χ3n) is 5.34. The number of aliphatic imine (C=N–C) groups is 1. The Morgan fingerprint density at radius 3 is 2.30 bits per heavy atom. The van der Waals surface area contributed by atoms with Crippen LogP contribution in [0.5, 0.6) is 0 Å². The maximum atomic E-state index is 12.7. The summed E-state index contributed by atoms with van der Waals surface area (Å²) in [5, 5.41) is 6.61. The van der Waals surface area contributed by atoms with E-state index in [0.717, 1.165) is 50.2 Å². The largest absolute Gasteiger partial charge is 0.356 e. The van der Waals surface area contributed by atoms with Crippen LogP contribution in [0.15, 0.2) is 64.5 Å². The van der Waals surface area contributed by atoms with E-state index >= 15 is 0 Å². The second-order valence-corrected chi connectivity index (χ2v) is 9.49. The van der Waals surface area contributed by atoms with Crippen molar-refractivity contribution in [2.45, 2.75) is 43.5 Å². The molecule has 0 aliphatic carbocycles. The zero-order valence-corrected chi connectivity index (χ0v) is 18.5. The Morgan fingerprint density at radius 2 is 1.63 bits per heavy atom. The van der Waals surface area contributed by atoms with Crippen LogP contribution in [0.2, 0.25) is 0 Å². The highest BCUT2D eigenvalue weighted by Crippen LogP contribution is 2.20. The Kier molecular flexibility index (Phi) is 8.28. The molecule has 0 aromatic heterocycles. The molecule has 2 aromatic carbocycles. The summed E-state index contributed by atoms with van der Waals surface area (Å²) in [7, 11) is -1.62. The number of nitrogens with one attached hydrogen (secondary N) is 2. The minimum Gasteiger partial charge on any atom is -0.356 e. The molecule has 30 heavy (non-hydrogen) atoms. The van der Waals surface area contributed by atoms with Gasteiger partial charge < -0.3 is 10.6 Å². The Morgan fingerprint density at radius 1 is 0.933 bits per heavy atom. The first kappa shape index (κ1) is 22.3. The van der Waals surface area contributed by atoms with Gasteiger partial charge in [0.1, 0.15) is 0 Å². The summed E-state index contributed by atoms with van der Waals surface area (Å²) in [6, 6.07) is 17.6. The molecule has 0 saturated carbocycles. The van der Waals surface area contributed by atoms with Crippen LogP contribution in [0.3, 0.4) is 0 Å². The van der Waals surface area contributed by atoms with Gasteiger partial charge in [0.15, 0.2) is 5.96 Å². The lowest BCUT2D eigenvalue weighted by molar-refractivity contribution is 0.346. The third kappa shape index (κ3) is 6.31. The van der Waals surface area contributed by atoms with Crippen LogP contribution in [-0.2, 0) is 23.0 Å². The molecule has 1 aliphatic rings. The molecular formula is C23H32N4O2S. The molecule has 2 N–H and O–H groups in total. The van der Waals surface area contributed by atoms with Crippen molar-refractivity contribution in [2.24, 2.45) is 4.99 Å². The second-order valence-electron chi connectivity index (χ2n) is 7.55. The highest BCUT2D eigenvalue weighted by molar-refractivity contribution is 7.89. The normalized spacial score (nSPS) is 15.7. The van der Waals surface area contributed by atoms with Crippen LogP contribution in [0.1, 0.15) is 36.8 Å². The van der Waals surface area contributed by atoms with E-state index in [9.17, 15) is 8.42 Å². The van der Waals surface area contributed by atoms with E-state index in [2.05, 4.69) is 39.9 Å². The maximum absolute atomic E-state index is 12.7. The minimum absolute atomic E-state index is 0.372. The molecule has 0 unspecified atom stereocenters. The molecule has 0 spiro atoms. The standard InChI is InChI=1S/C23H32N4O2S/c1-24-23(25-16-8-11-20-9-4-2-5-10-20)26-19-21-12-14-22(15-13-21)30(28,29)27-17-6-3-7-18-27/h2,4-5,9-10,12-15H,3,6-8,11,16-19H2,1H3,(H2,24,25,26). The molecule has 3 rings (SSSR count). The fourth-order valence-corrected chi connectivity index (χ4v) is 5.10. The smallest absolute Gasteiger partial charge is 0.243 e. The van der Waals surface area contributed by atoms with Crippen LogP contribution in [0, 0.1) is 0 Å². The van der Waals surface area contributed by atoms with Crippen molar-refractivity contribution in [1.29, 1.82) is 0 Å². The van der Waals surface area contributed by atoms with Gasteiger partial charge in [0.25, 0.3) is 0 Å². The van der Waals surface area contributed by atoms with Gasteiger partial charge in [-0.3, -0.25) is 4.99 Å². The number of hydrogen-bond acceptors (Lipinski definition) is 3. The molecule has 1 saturated heterocycles. The molecule has 0 amide bonds. The molecule has 1 heterocycles. The number of guanidine groups is 1. The van der Waals surface area contributed by atoms with Gasteiger partial charge in [-0.05, 0) is 48.9 Å². The molecule has 2 aromatic rings. The summed E-state index contributed by atoms with van der Waals surface area (Å²) in [5.74, 6) is 0.744. The number of piperidine rings is 1. The fraction of sp³-hybridized carbons (Fsp3) is 0.435. The first-order chi connectivity index (χ1) is 14.6. The van der Waals surface area contributed by atoms with Crippen LogP contribution < -0.4 is 10.6 Å². The molecule has 7 heteroatoms. The average molecular weight is 429 g/mol. The van der Waals surface area contributed by atoms with Crippen molar-refractivity contribution in [3.63, 3.8) is 0 Å². The first-order valence-electron chi connectivity index (χ1n) is 10.7. The third-order valence-corrected chi connectivity index (χ3v) is 7.25. The highest BCUT2D eigenvalue weighted by Gasteiger charge is 2.25. The van der Waals surface area contributed by atoms with Crippen molar-refractivity contribution in [2.75, 3.05) is 26.7 Å². The van der Waals surface area contributed by atoms with Crippen molar-refractivity contribution in [3.8, 4) is 0 Å². The molecule has 1 aliphatic heterocycles. The lowest BCUT2D eigenvalue weighted by Gasteiger charge is -2.25. The van der Waals surface area contributed by atoms with E-state index in [0.29, 0.717) is 24.5 Å². The van der Waals surface area contributed by atoms with Gasteiger partial charge >= 0.3 is 0 Å². The SMILES string of the molecule is CN=C(NCCCc1ccccc1)NCc1ccc(S(=O)(=O)N2CCCCC2)cc1. The lowest BCUT2D eigenvalue weighted by Crippen LogP contribution is -2.37. The zero-order chi connectivity index (χ0) is 21.2. The summed E-state index contributed by atoms with van der Waals surface area (Å²) < 4.78 is 27.1. The monoisotopic (exact) mass is 428 g/mol. The van der Waals surface area contributed by atoms with Gasteiger partial charge in [-0.2, -0.15) is 4.31 Å². The molecule has 0 atom stereocenters. The molecule has 0 bridgehead atoms. The number of nitrogens with zero attached hydrogens (tertiary/aromatic N) is 2. The fourth-order valence-electron chi connectivity index (χ4n) is 3.58. The molecule has 0 radical (unpaired) electrons. The van der Waals surface area contributed by atoms with E-state index in [-0.39, 0.29) is 0 Å². The number of hydrogen-bond donors (Lipinski definition) is 2. The Bertz CT molecular complexity index is 906. The summed E-state index contributed by atoms with van der Waals surface area (Å²) in [6.45, 7) is 2.67. The quantitative estimate of drug-likeness (QED) is 0.385. The van der Waals surface area contributed by atoms with Crippen molar-refractivity contribution < 1.29 is 8.42 Å². The van der Waals surface area contributed by atoms with Gasteiger partial charge in [0, 0.05) is 33.2 Å². The van der Waals surface area contributed by atoms with E-state index in [1.165, 1.54) is 5.56 Å². The summed E-state index contributed by atoms with van der Waals surface area (Å²) in [4.78, 5) is 4.63. The van der Waals surface area contributed by atoms with Crippen molar-refractivity contribution in [3.05, 3.63) is 65.7 Å². The number of sulfonamides is 1. The number of benzene rings is 2. The van der Waals surface area contributed by atoms with Gasteiger partial charge in [-0.15, -0.1) is 0 Å². The van der Waals surface area contributed by atoms with Crippen LogP contribution in [0.4, 0.5) is 0 Å². The van der Waals surface area contributed by atoms with E-state index in [4.69, 9.17) is 0 Å². The van der Waals surface area contributed by atoms with E-state index < -0.39 is 10.0 Å². The van der Waals surface area contributed by atoms with Gasteiger partial charge in [-0.1, -0.05) is 48.9 Å². The Hall–Kier alpha value is -2.38. The summed E-state index contributed by atoms with van der Waals surface area (Å²) in [5.41, 5.74) is 2.35. The summed E-state index contributed by atoms with van der Waals surface area (Å²) in [6.07, 6.45) is 5.04. The van der Waals surface area contributed by atoms with Gasteiger partial charge in [0.05, 0.1) is 4.90 Å².